The second-order valence-electron chi connectivity index (χ2n) is 4.92. The van der Waals surface area contributed by atoms with Crippen LogP contribution in [0.2, 0.25) is 0 Å². The average Bonchev–Trinajstić information content (AvgIpc) is 3.01. The molecule has 0 spiro atoms. The van der Waals surface area contributed by atoms with Crippen molar-refractivity contribution in [1.29, 1.82) is 0 Å². The Kier molecular flexibility index (Phi) is 3.40. The Morgan fingerprint density at radius 2 is 1.95 bits per heavy atom. The van der Waals surface area contributed by atoms with Crippen LogP contribution in [0, 0.1) is 5.41 Å². The zero-order valence-corrected chi connectivity index (χ0v) is 11.6. The van der Waals surface area contributed by atoms with E-state index in [1.54, 1.807) is 30.3 Å². The summed E-state index contributed by atoms with van der Waals surface area (Å²) in [7, 11) is -2.08. The van der Waals surface area contributed by atoms with Gasteiger partial charge in [-0.1, -0.05) is 30.3 Å². The summed E-state index contributed by atoms with van der Waals surface area (Å²) in [5.74, 6) is -1.68. The Hall–Kier alpha value is -1.40. The van der Waals surface area contributed by atoms with Crippen LogP contribution in [0.15, 0.2) is 30.3 Å². The van der Waals surface area contributed by atoms with Crippen molar-refractivity contribution in [2.45, 2.75) is 11.2 Å². The second-order valence-corrected chi connectivity index (χ2v) is 7.08. The number of carbonyl (C=O) groups is 1. The summed E-state index contributed by atoms with van der Waals surface area (Å²) < 4.78 is 28.7. The lowest BCUT2D eigenvalue weighted by Gasteiger charge is -2.11. The fourth-order valence-corrected chi connectivity index (χ4v) is 4.79. The molecule has 0 amide bonds. The molecule has 1 N–H and O–H groups in total. The Morgan fingerprint density at radius 3 is 2.37 bits per heavy atom. The van der Waals surface area contributed by atoms with E-state index >= 15 is 0 Å². The molecule has 1 aliphatic rings. The molecule has 1 aliphatic carbocycles. The van der Waals surface area contributed by atoms with E-state index in [0.717, 1.165) is 11.8 Å². The van der Waals surface area contributed by atoms with E-state index in [1.807, 2.05) is 0 Å². The topological polar surface area (TPSA) is 80.7 Å². The van der Waals surface area contributed by atoms with Gasteiger partial charge in [-0.15, -0.1) is 0 Å². The van der Waals surface area contributed by atoms with Crippen LogP contribution in [0.3, 0.4) is 0 Å². The molecule has 19 heavy (non-hydrogen) atoms. The Balaban J connectivity index is 2.50. The number of sulfone groups is 1. The van der Waals surface area contributed by atoms with Crippen LogP contribution in [-0.4, -0.2) is 44.7 Å². The Morgan fingerprint density at radius 1 is 1.37 bits per heavy atom. The van der Waals surface area contributed by atoms with Crippen molar-refractivity contribution in [2.75, 3.05) is 20.0 Å². The van der Waals surface area contributed by atoms with Crippen LogP contribution < -0.4 is 0 Å². The maximum atomic E-state index is 11.9. The highest BCUT2D eigenvalue weighted by atomic mass is 32.2. The molecule has 6 heteroatoms. The van der Waals surface area contributed by atoms with Gasteiger partial charge < -0.3 is 9.84 Å². The van der Waals surface area contributed by atoms with Gasteiger partial charge in [-0.2, -0.15) is 0 Å². The molecule has 0 bridgehead atoms. The summed E-state index contributed by atoms with van der Waals surface area (Å²) in [6, 6.07) is 8.85. The lowest BCUT2D eigenvalue weighted by molar-refractivity contribution is -0.145. The monoisotopic (exact) mass is 284 g/mol. The number of hydrogen-bond acceptors (Lipinski definition) is 4. The predicted octanol–water partition coefficient (Wildman–Crippen LogP) is 0.914. The molecule has 0 aromatic heterocycles. The SMILES string of the molecule is COC[C@]1(C(=O)O)[C@H](c2ccccc2)[C@H]1S(C)(=O)=O. The normalized spacial score (nSPS) is 30.0. The maximum absolute atomic E-state index is 11.9. The number of hydrogen-bond donors (Lipinski definition) is 1. The van der Waals surface area contributed by atoms with Gasteiger partial charge in [0.25, 0.3) is 0 Å². The van der Waals surface area contributed by atoms with Gasteiger partial charge in [0.1, 0.15) is 5.41 Å². The first-order valence-corrected chi connectivity index (χ1v) is 7.77. The highest BCUT2D eigenvalue weighted by molar-refractivity contribution is 7.91. The van der Waals surface area contributed by atoms with Gasteiger partial charge in [0.05, 0.1) is 11.9 Å². The van der Waals surface area contributed by atoms with Crippen molar-refractivity contribution < 1.29 is 23.1 Å². The summed E-state index contributed by atoms with van der Waals surface area (Å²) in [6.45, 7) is -0.111. The van der Waals surface area contributed by atoms with E-state index in [1.165, 1.54) is 7.11 Å². The van der Waals surface area contributed by atoms with Crippen LogP contribution in [0.5, 0.6) is 0 Å². The quantitative estimate of drug-likeness (QED) is 0.869. The second kappa shape index (κ2) is 4.61. The van der Waals surface area contributed by atoms with Gasteiger partial charge in [-0.25, -0.2) is 8.42 Å². The van der Waals surface area contributed by atoms with Crippen LogP contribution in [0.4, 0.5) is 0 Å². The van der Waals surface area contributed by atoms with Gasteiger partial charge in [-0.05, 0) is 5.56 Å². The van der Waals surface area contributed by atoms with E-state index in [4.69, 9.17) is 4.74 Å². The average molecular weight is 284 g/mol. The lowest BCUT2D eigenvalue weighted by atomic mass is 10.0. The van der Waals surface area contributed by atoms with E-state index in [-0.39, 0.29) is 6.61 Å². The third-order valence-electron chi connectivity index (χ3n) is 3.66. The third-order valence-corrected chi connectivity index (χ3v) is 5.27. The fourth-order valence-electron chi connectivity index (χ4n) is 2.89. The summed E-state index contributed by atoms with van der Waals surface area (Å²) >= 11 is 0. The molecule has 1 aromatic rings. The lowest BCUT2D eigenvalue weighted by Crippen LogP contribution is -2.28. The number of aliphatic carboxylic acids is 1. The largest absolute Gasteiger partial charge is 0.481 e. The summed E-state index contributed by atoms with van der Waals surface area (Å²) in [5, 5.41) is 8.53. The van der Waals surface area contributed by atoms with Crippen molar-refractivity contribution >= 4 is 15.8 Å². The molecular weight excluding hydrogens is 268 g/mol. The molecule has 1 saturated carbocycles. The van der Waals surface area contributed by atoms with Crippen molar-refractivity contribution in [3.63, 3.8) is 0 Å². The van der Waals surface area contributed by atoms with Gasteiger partial charge in [0, 0.05) is 19.3 Å². The zero-order chi connectivity index (χ0) is 14.3. The Bertz CT molecular complexity index is 580. The van der Waals surface area contributed by atoms with Crippen LogP contribution in [0.1, 0.15) is 11.5 Å². The number of carboxylic acids is 1. The molecule has 1 aromatic carbocycles. The van der Waals surface area contributed by atoms with E-state index in [2.05, 4.69) is 0 Å². The van der Waals surface area contributed by atoms with Crippen molar-refractivity contribution in [2.24, 2.45) is 5.41 Å². The van der Waals surface area contributed by atoms with Gasteiger partial charge in [0.15, 0.2) is 9.84 Å². The minimum Gasteiger partial charge on any atom is -0.481 e. The van der Waals surface area contributed by atoms with Crippen LogP contribution in [-0.2, 0) is 19.4 Å². The summed E-state index contributed by atoms with van der Waals surface area (Å²) in [4.78, 5) is 11.6. The third kappa shape index (κ3) is 2.15. The minimum absolute atomic E-state index is 0.111. The van der Waals surface area contributed by atoms with E-state index in [9.17, 15) is 18.3 Å². The molecule has 5 nitrogen and oxygen atoms in total. The standard InChI is InChI=1S/C13H16O5S/c1-18-8-13(12(14)15)10(11(13)19(2,16)17)9-6-4-3-5-7-9/h3-7,10-11H,8H2,1-2H3,(H,14,15)/t10-,11-,13+/m1/s1. The molecular formula is C13H16O5S. The summed E-state index contributed by atoms with van der Waals surface area (Å²) in [6.07, 6.45) is 1.08. The van der Waals surface area contributed by atoms with Crippen molar-refractivity contribution in [3.05, 3.63) is 35.9 Å². The molecule has 0 aliphatic heterocycles. The van der Waals surface area contributed by atoms with Crippen molar-refractivity contribution in [3.8, 4) is 0 Å². The van der Waals surface area contributed by atoms with E-state index < -0.39 is 32.4 Å². The van der Waals surface area contributed by atoms with Gasteiger partial charge >= 0.3 is 5.97 Å². The first-order chi connectivity index (χ1) is 8.85. The van der Waals surface area contributed by atoms with Gasteiger partial charge in [0.2, 0.25) is 0 Å². The number of carboxylic acid groups (broad SMARTS) is 1. The van der Waals surface area contributed by atoms with Crippen LogP contribution >= 0.6 is 0 Å². The Labute approximate surface area is 112 Å². The molecule has 104 valence electrons. The summed E-state index contributed by atoms with van der Waals surface area (Å²) in [5.41, 5.74) is -0.652. The number of ether oxygens (including phenoxy) is 1. The number of methoxy groups -OCH3 is 1. The molecule has 0 radical (unpaired) electrons. The van der Waals surface area contributed by atoms with Crippen molar-refractivity contribution in [1.82, 2.24) is 0 Å². The predicted molar refractivity (Wildman–Crippen MR) is 69.8 cm³/mol. The zero-order valence-electron chi connectivity index (χ0n) is 10.7. The molecule has 3 atom stereocenters. The minimum atomic E-state index is -3.46. The highest BCUT2D eigenvalue weighted by Gasteiger charge is 2.74. The molecule has 1 fully saturated rings. The van der Waals surface area contributed by atoms with Crippen LogP contribution in [0.25, 0.3) is 0 Å². The first-order valence-electron chi connectivity index (χ1n) is 5.82. The smallest absolute Gasteiger partial charge is 0.314 e. The number of rotatable bonds is 5. The first kappa shape index (κ1) is 14.0. The molecule has 0 unspecified atom stereocenters. The molecule has 0 heterocycles. The maximum Gasteiger partial charge on any atom is 0.314 e. The van der Waals surface area contributed by atoms with E-state index in [0.29, 0.717) is 0 Å². The fraction of sp³-hybridized carbons (Fsp3) is 0.462. The highest BCUT2D eigenvalue weighted by Crippen LogP contribution is 2.63. The number of benzene rings is 1. The molecule has 0 saturated heterocycles. The molecule has 2 rings (SSSR count). The van der Waals surface area contributed by atoms with Gasteiger partial charge in [-0.3, -0.25) is 4.79 Å².